The van der Waals surface area contributed by atoms with E-state index in [1.165, 1.54) is 37.9 Å². The molecule has 1 nitrogen and oxygen atoms in total. The van der Waals surface area contributed by atoms with Crippen molar-refractivity contribution in [2.24, 2.45) is 0 Å². The molecule has 114 valence electrons. The smallest absolute Gasteiger partial charge is 0.126 e. The van der Waals surface area contributed by atoms with Gasteiger partial charge in [-0.05, 0) is 50.0 Å². The molecule has 0 radical (unpaired) electrons. The van der Waals surface area contributed by atoms with Crippen LogP contribution >= 0.6 is 0 Å². The first-order chi connectivity index (χ1) is 11.9. The van der Waals surface area contributed by atoms with E-state index < -0.39 is 0 Å². The Labute approximate surface area is 140 Å². The molecule has 0 N–H and O–H groups in total. The van der Waals surface area contributed by atoms with Crippen LogP contribution in [0.4, 0.5) is 0 Å². The van der Waals surface area contributed by atoms with Crippen LogP contribution in [0.2, 0.25) is 0 Å². The SMILES string of the molecule is COc1ccccc2c3c(ccc4ccc5ccccc5c43)cc1-2. The largest absolute Gasteiger partial charge is 0.496 e. The Morgan fingerprint density at radius 3 is 2.17 bits per heavy atom. The minimum atomic E-state index is 0.916. The topological polar surface area (TPSA) is 9.23 Å². The second-order valence-electron chi connectivity index (χ2n) is 6.17. The summed E-state index contributed by atoms with van der Waals surface area (Å²) in [6.45, 7) is 0. The Kier molecular flexibility index (Phi) is 2.77. The van der Waals surface area contributed by atoms with Crippen LogP contribution in [0.3, 0.4) is 0 Å². The summed E-state index contributed by atoms with van der Waals surface area (Å²) in [5.41, 5.74) is 2.41. The van der Waals surface area contributed by atoms with Crippen LogP contribution in [0.15, 0.2) is 78.9 Å². The van der Waals surface area contributed by atoms with Gasteiger partial charge in [-0.15, -0.1) is 0 Å². The summed E-state index contributed by atoms with van der Waals surface area (Å²) in [4.78, 5) is 0. The van der Waals surface area contributed by atoms with Crippen molar-refractivity contribution in [2.75, 3.05) is 7.11 Å². The predicted molar refractivity (Wildman–Crippen MR) is 102 cm³/mol. The summed E-state index contributed by atoms with van der Waals surface area (Å²) in [5, 5.41) is 7.76. The molecule has 0 aromatic heterocycles. The molecule has 1 heteroatoms. The third-order valence-corrected chi connectivity index (χ3v) is 4.91. The summed E-state index contributed by atoms with van der Waals surface area (Å²) in [6.07, 6.45) is 0. The molecule has 0 heterocycles. The average Bonchev–Trinajstić information content (AvgIpc) is 2.88. The van der Waals surface area contributed by atoms with Crippen molar-refractivity contribution in [3.05, 3.63) is 78.9 Å². The monoisotopic (exact) mass is 308 g/mol. The highest BCUT2D eigenvalue weighted by Crippen LogP contribution is 2.44. The third kappa shape index (κ3) is 1.75. The number of benzene rings is 3. The molecule has 0 aliphatic heterocycles. The lowest BCUT2D eigenvalue weighted by Crippen LogP contribution is -1.82. The van der Waals surface area contributed by atoms with Gasteiger partial charge in [-0.1, -0.05) is 66.7 Å². The lowest BCUT2D eigenvalue weighted by molar-refractivity contribution is 0.417. The molecule has 0 fully saturated rings. The molecule has 0 bridgehead atoms. The maximum absolute atomic E-state index is 5.62. The zero-order valence-electron chi connectivity index (χ0n) is 13.4. The van der Waals surface area contributed by atoms with Crippen molar-refractivity contribution in [2.45, 2.75) is 0 Å². The molecule has 3 aromatic rings. The van der Waals surface area contributed by atoms with Gasteiger partial charge < -0.3 is 4.74 Å². The maximum Gasteiger partial charge on any atom is 0.126 e. The molecule has 0 atom stereocenters. The zero-order valence-corrected chi connectivity index (χ0v) is 13.4. The van der Waals surface area contributed by atoms with Crippen LogP contribution in [0.5, 0.6) is 5.75 Å². The highest BCUT2D eigenvalue weighted by Gasteiger charge is 2.16. The van der Waals surface area contributed by atoms with Gasteiger partial charge >= 0.3 is 0 Å². The van der Waals surface area contributed by atoms with Gasteiger partial charge in [0.05, 0.1) is 7.11 Å². The number of methoxy groups -OCH3 is 1. The van der Waals surface area contributed by atoms with E-state index in [2.05, 4.69) is 66.7 Å². The minimum Gasteiger partial charge on any atom is -0.496 e. The predicted octanol–water partition coefficient (Wildman–Crippen LogP) is 6.26. The van der Waals surface area contributed by atoms with Gasteiger partial charge in [0.15, 0.2) is 0 Å². The molecule has 5 rings (SSSR count). The van der Waals surface area contributed by atoms with E-state index in [1.54, 1.807) is 7.11 Å². The Morgan fingerprint density at radius 2 is 1.29 bits per heavy atom. The number of hydrogen-bond acceptors (Lipinski definition) is 1. The molecule has 2 aliphatic carbocycles. The first-order valence-electron chi connectivity index (χ1n) is 8.17. The van der Waals surface area contributed by atoms with Gasteiger partial charge in [0, 0.05) is 5.56 Å². The fourth-order valence-electron chi connectivity index (χ4n) is 3.83. The summed E-state index contributed by atoms with van der Waals surface area (Å²) in [6, 6.07) is 28.1. The zero-order chi connectivity index (χ0) is 16.1. The molecule has 2 aliphatic rings. The van der Waals surface area contributed by atoms with Crippen molar-refractivity contribution in [1.29, 1.82) is 0 Å². The standard InChI is InChI=1S/C23H16O/c1-24-21-9-5-4-8-19-20(21)14-17-13-12-16-11-10-15-6-2-3-7-18(15)22(16)23(17)19/h2-14H,1H3. The fraction of sp³-hybridized carbons (Fsp3) is 0.0435. The van der Waals surface area contributed by atoms with Crippen molar-refractivity contribution < 1.29 is 4.74 Å². The highest BCUT2D eigenvalue weighted by atomic mass is 16.5. The Hall–Kier alpha value is -3.06. The molecule has 0 unspecified atom stereocenters. The molecular formula is C23H16O. The number of hydrogen-bond donors (Lipinski definition) is 0. The molecule has 0 amide bonds. The second kappa shape index (κ2) is 4.97. The van der Waals surface area contributed by atoms with Crippen LogP contribution in [-0.4, -0.2) is 7.11 Å². The van der Waals surface area contributed by atoms with Crippen LogP contribution in [-0.2, 0) is 0 Å². The molecule has 0 saturated heterocycles. The van der Waals surface area contributed by atoms with E-state index in [9.17, 15) is 0 Å². The highest BCUT2D eigenvalue weighted by molar-refractivity contribution is 6.25. The van der Waals surface area contributed by atoms with Gasteiger partial charge in [0.25, 0.3) is 0 Å². The lowest BCUT2D eigenvalue weighted by atomic mass is 9.96. The van der Waals surface area contributed by atoms with Crippen molar-refractivity contribution in [1.82, 2.24) is 0 Å². The Morgan fingerprint density at radius 1 is 0.583 bits per heavy atom. The van der Waals surface area contributed by atoms with Gasteiger partial charge in [-0.2, -0.15) is 0 Å². The summed E-state index contributed by atoms with van der Waals surface area (Å²) >= 11 is 0. The second-order valence-corrected chi connectivity index (χ2v) is 6.17. The first-order valence-corrected chi connectivity index (χ1v) is 8.17. The summed E-state index contributed by atoms with van der Waals surface area (Å²) in [7, 11) is 1.74. The van der Waals surface area contributed by atoms with E-state index in [0.29, 0.717) is 0 Å². The molecular weight excluding hydrogens is 292 g/mol. The van der Waals surface area contributed by atoms with E-state index >= 15 is 0 Å². The lowest BCUT2D eigenvalue weighted by Gasteiger charge is -2.07. The van der Waals surface area contributed by atoms with E-state index in [4.69, 9.17) is 4.74 Å². The van der Waals surface area contributed by atoms with Crippen LogP contribution in [0.25, 0.3) is 43.4 Å². The molecule has 0 saturated carbocycles. The summed E-state index contributed by atoms with van der Waals surface area (Å²) in [5.74, 6) is 0.916. The van der Waals surface area contributed by atoms with Gasteiger partial charge in [-0.3, -0.25) is 0 Å². The molecule has 0 spiro atoms. The molecule has 3 aromatic carbocycles. The average molecular weight is 308 g/mol. The third-order valence-electron chi connectivity index (χ3n) is 4.91. The Bertz CT molecular complexity index is 1190. The van der Waals surface area contributed by atoms with Gasteiger partial charge in [0.1, 0.15) is 5.75 Å². The van der Waals surface area contributed by atoms with Crippen LogP contribution in [0, 0.1) is 0 Å². The van der Waals surface area contributed by atoms with Crippen LogP contribution < -0.4 is 4.74 Å². The molecule has 24 heavy (non-hydrogen) atoms. The number of rotatable bonds is 1. The van der Waals surface area contributed by atoms with Gasteiger partial charge in [0.2, 0.25) is 0 Å². The van der Waals surface area contributed by atoms with Crippen molar-refractivity contribution >= 4 is 32.3 Å². The van der Waals surface area contributed by atoms with E-state index in [0.717, 1.165) is 11.3 Å². The first kappa shape index (κ1) is 13.4. The van der Waals surface area contributed by atoms with Crippen molar-refractivity contribution in [3.63, 3.8) is 0 Å². The van der Waals surface area contributed by atoms with E-state index in [-0.39, 0.29) is 0 Å². The van der Waals surface area contributed by atoms with E-state index in [1.807, 2.05) is 12.1 Å². The summed E-state index contributed by atoms with van der Waals surface area (Å²) < 4.78 is 5.62. The van der Waals surface area contributed by atoms with Crippen LogP contribution in [0.1, 0.15) is 0 Å². The quantitative estimate of drug-likeness (QED) is 0.332. The van der Waals surface area contributed by atoms with Crippen molar-refractivity contribution in [3.8, 4) is 16.9 Å². The minimum absolute atomic E-state index is 0.916. The Balaban J connectivity index is 2.07. The number of ether oxygens (including phenoxy) is 1. The van der Waals surface area contributed by atoms with Gasteiger partial charge in [-0.25, -0.2) is 0 Å². The normalized spacial score (nSPS) is 11.5. The fourth-order valence-corrected chi connectivity index (χ4v) is 3.83. The number of fused-ring (bicyclic) bond motifs is 7. The maximum atomic E-state index is 5.62.